The lowest BCUT2D eigenvalue weighted by Crippen LogP contribution is -2.45. The molecule has 1 atom stereocenters. The zero-order chi connectivity index (χ0) is 15.2. The molecule has 0 spiro atoms. The van der Waals surface area contributed by atoms with E-state index < -0.39 is 0 Å². The second-order valence-corrected chi connectivity index (χ2v) is 7.27. The normalized spacial score (nSPS) is 20.6. The average molecular weight is 283 g/mol. The van der Waals surface area contributed by atoms with Gasteiger partial charge in [-0.2, -0.15) is 0 Å². The lowest BCUT2D eigenvalue weighted by Gasteiger charge is -2.30. The molecule has 0 aromatic carbocycles. The molecule has 1 rings (SSSR count). The van der Waals surface area contributed by atoms with Crippen LogP contribution in [-0.2, 0) is 4.74 Å². The maximum absolute atomic E-state index is 5.44. The second kappa shape index (κ2) is 7.87. The molecule has 1 N–H and O–H groups in total. The molecule has 20 heavy (non-hydrogen) atoms. The quantitative estimate of drug-likeness (QED) is 0.601. The summed E-state index contributed by atoms with van der Waals surface area (Å²) in [4.78, 5) is 6.63. The number of hydrogen-bond acceptors (Lipinski definition) is 2. The summed E-state index contributed by atoms with van der Waals surface area (Å²) in [7, 11) is 3.97. The van der Waals surface area contributed by atoms with Gasteiger partial charge in [0.25, 0.3) is 0 Å². The first-order chi connectivity index (χ1) is 9.34. The van der Waals surface area contributed by atoms with Crippen LogP contribution in [0.3, 0.4) is 0 Å². The third-order valence-electron chi connectivity index (χ3n) is 3.82. The van der Waals surface area contributed by atoms with Crippen molar-refractivity contribution in [2.24, 2.45) is 22.2 Å². The monoisotopic (exact) mass is 283 g/mol. The van der Waals surface area contributed by atoms with E-state index in [9.17, 15) is 0 Å². The highest BCUT2D eigenvalue weighted by atomic mass is 16.5. The fraction of sp³-hybridized carbons (Fsp3) is 0.938. The Bertz CT molecular complexity index is 307. The zero-order valence-corrected chi connectivity index (χ0v) is 14.2. The first-order valence-corrected chi connectivity index (χ1v) is 7.83. The van der Waals surface area contributed by atoms with Crippen molar-refractivity contribution in [3.8, 4) is 0 Å². The van der Waals surface area contributed by atoms with Crippen molar-refractivity contribution >= 4 is 5.96 Å². The third-order valence-corrected chi connectivity index (χ3v) is 3.82. The number of hydrogen-bond donors (Lipinski definition) is 1. The molecule has 4 nitrogen and oxygen atoms in total. The molecular formula is C16H33N3O. The summed E-state index contributed by atoms with van der Waals surface area (Å²) in [6, 6.07) is 0. The van der Waals surface area contributed by atoms with Crippen LogP contribution in [0, 0.1) is 17.3 Å². The first kappa shape index (κ1) is 17.3. The van der Waals surface area contributed by atoms with Gasteiger partial charge < -0.3 is 15.0 Å². The van der Waals surface area contributed by atoms with Gasteiger partial charge in [0.05, 0.1) is 6.61 Å². The fourth-order valence-electron chi connectivity index (χ4n) is 3.08. The summed E-state index contributed by atoms with van der Waals surface area (Å²) in [5.41, 5.74) is 0.293. The van der Waals surface area contributed by atoms with Gasteiger partial charge in [-0.05, 0) is 24.2 Å². The lowest BCUT2D eigenvalue weighted by atomic mass is 9.84. The van der Waals surface area contributed by atoms with Crippen LogP contribution in [0.5, 0.6) is 0 Å². The van der Waals surface area contributed by atoms with Crippen LogP contribution in [0.1, 0.15) is 40.5 Å². The highest BCUT2D eigenvalue weighted by Gasteiger charge is 2.22. The van der Waals surface area contributed by atoms with E-state index in [1.165, 1.54) is 12.8 Å². The summed E-state index contributed by atoms with van der Waals surface area (Å²) < 4.78 is 5.44. The van der Waals surface area contributed by atoms with Crippen LogP contribution in [0.2, 0.25) is 0 Å². The first-order valence-electron chi connectivity index (χ1n) is 7.83. The molecule has 1 aliphatic heterocycles. The molecule has 0 saturated carbocycles. The van der Waals surface area contributed by atoms with Crippen LogP contribution in [0.4, 0.5) is 0 Å². The molecule has 0 aromatic rings. The van der Waals surface area contributed by atoms with Gasteiger partial charge in [-0.1, -0.05) is 27.7 Å². The summed E-state index contributed by atoms with van der Waals surface area (Å²) in [6.45, 7) is 13.0. The van der Waals surface area contributed by atoms with Crippen molar-refractivity contribution in [2.75, 3.05) is 40.4 Å². The summed E-state index contributed by atoms with van der Waals surface area (Å²) in [5.74, 6) is 2.36. The van der Waals surface area contributed by atoms with Gasteiger partial charge >= 0.3 is 0 Å². The van der Waals surface area contributed by atoms with E-state index in [-0.39, 0.29) is 0 Å². The molecule has 0 radical (unpaired) electrons. The van der Waals surface area contributed by atoms with Gasteiger partial charge in [-0.25, -0.2) is 0 Å². The minimum Gasteiger partial charge on any atom is -0.381 e. The average Bonchev–Trinajstić information content (AvgIpc) is 2.80. The summed E-state index contributed by atoms with van der Waals surface area (Å²) >= 11 is 0. The molecule has 1 aliphatic rings. The Morgan fingerprint density at radius 3 is 2.65 bits per heavy atom. The van der Waals surface area contributed by atoms with Gasteiger partial charge in [-0.3, -0.25) is 4.99 Å². The van der Waals surface area contributed by atoms with E-state index in [0.717, 1.165) is 38.2 Å². The van der Waals surface area contributed by atoms with Gasteiger partial charge in [0.2, 0.25) is 0 Å². The molecular weight excluding hydrogens is 250 g/mol. The van der Waals surface area contributed by atoms with Crippen LogP contribution >= 0.6 is 0 Å². The number of nitrogens with zero attached hydrogens (tertiary/aromatic N) is 2. The van der Waals surface area contributed by atoms with Crippen LogP contribution < -0.4 is 5.32 Å². The maximum atomic E-state index is 5.44. The molecule has 118 valence electrons. The van der Waals surface area contributed by atoms with E-state index in [1.807, 2.05) is 7.05 Å². The van der Waals surface area contributed by atoms with Gasteiger partial charge in [0.1, 0.15) is 0 Å². The third kappa shape index (κ3) is 6.12. The van der Waals surface area contributed by atoms with E-state index in [1.54, 1.807) is 0 Å². The molecule has 0 aromatic heterocycles. The van der Waals surface area contributed by atoms with Gasteiger partial charge in [0, 0.05) is 39.7 Å². The Morgan fingerprint density at radius 1 is 1.45 bits per heavy atom. The minimum absolute atomic E-state index is 0.293. The van der Waals surface area contributed by atoms with Crippen molar-refractivity contribution in [1.82, 2.24) is 10.2 Å². The SMILES string of the molecule is CN=C(NCC(C)(C)CC(C)C)N(C)CC1CCOC1. The fourth-order valence-corrected chi connectivity index (χ4v) is 3.08. The molecule has 1 unspecified atom stereocenters. The molecule has 1 heterocycles. The zero-order valence-electron chi connectivity index (χ0n) is 14.2. The molecule has 0 bridgehead atoms. The van der Waals surface area contributed by atoms with E-state index in [0.29, 0.717) is 11.3 Å². The maximum Gasteiger partial charge on any atom is 0.193 e. The Labute approximate surface area is 125 Å². The lowest BCUT2D eigenvalue weighted by molar-refractivity contribution is 0.181. The second-order valence-electron chi connectivity index (χ2n) is 7.27. The van der Waals surface area contributed by atoms with Gasteiger partial charge in [0.15, 0.2) is 5.96 Å². The van der Waals surface area contributed by atoms with Crippen LogP contribution in [-0.4, -0.2) is 51.3 Å². The number of nitrogens with one attached hydrogen (secondary N) is 1. The molecule has 1 saturated heterocycles. The topological polar surface area (TPSA) is 36.9 Å². The number of ether oxygens (including phenoxy) is 1. The Balaban J connectivity index is 2.42. The van der Waals surface area contributed by atoms with E-state index in [2.05, 4.69) is 50.0 Å². The van der Waals surface area contributed by atoms with Crippen molar-refractivity contribution in [3.63, 3.8) is 0 Å². The van der Waals surface area contributed by atoms with Crippen LogP contribution in [0.15, 0.2) is 4.99 Å². The number of aliphatic imine (C=N–C) groups is 1. The molecule has 4 heteroatoms. The predicted molar refractivity (Wildman–Crippen MR) is 86.2 cm³/mol. The number of rotatable bonds is 6. The molecule has 1 fully saturated rings. The Morgan fingerprint density at radius 2 is 2.15 bits per heavy atom. The highest BCUT2D eigenvalue weighted by Crippen LogP contribution is 2.24. The van der Waals surface area contributed by atoms with Gasteiger partial charge in [-0.15, -0.1) is 0 Å². The van der Waals surface area contributed by atoms with E-state index >= 15 is 0 Å². The van der Waals surface area contributed by atoms with Crippen molar-refractivity contribution in [3.05, 3.63) is 0 Å². The smallest absolute Gasteiger partial charge is 0.193 e. The molecule has 0 aliphatic carbocycles. The van der Waals surface area contributed by atoms with Crippen molar-refractivity contribution in [2.45, 2.75) is 40.5 Å². The minimum atomic E-state index is 0.293. The number of guanidine groups is 1. The van der Waals surface area contributed by atoms with Crippen molar-refractivity contribution in [1.29, 1.82) is 0 Å². The van der Waals surface area contributed by atoms with Crippen LogP contribution in [0.25, 0.3) is 0 Å². The standard InChI is InChI=1S/C16H33N3O/c1-13(2)9-16(3,4)12-18-15(17-5)19(6)10-14-7-8-20-11-14/h13-14H,7-12H2,1-6H3,(H,17,18). The summed E-state index contributed by atoms with van der Waals surface area (Å²) in [5, 5.41) is 3.52. The summed E-state index contributed by atoms with van der Waals surface area (Å²) in [6.07, 6.45) is 2.39. The Hall–Kier alpha value is -0.770. The largest absolute Gasteiger partial charge is 0.381 e. The van der Waals surface area contributed by atoms with Crippen molar-refractivity contribution < 1.29 is 4.74 Å². The molecule has 0 amide bonds. The highest BCUT2D eigenvalue weighted by molar-refractivity contribution is 5.79. The van der Waals surface area contributed by atoms with E-state index in [4.69, 9.17) is 4.74 Å². The Kier molecular flexibility index (Phi) is 6.80. The predicted octanol–water partition coefficient (Wildman–Crippen LogP) is 2.60.